The number of ether oxygens (including phenoxy) is 1. The van der Waals surface area contributed by atoms with E-state index in [1.807, 2.05) is 80.0 Å². The van der Waals surface area contributed by atoms with Gasteiger partial charge in [0, 0.05) is 42.1 Å². The Hall–Kier alpha value is -5.03. The van der Waals surface area contributed by atoms with Gasteiger partial charge in [0.1, 0.15) is 5.82 Å². The van der Waals surface area contributed by atoms with Crippen LogP contribution in [0.4, 0.5) is 11.8 Å². The lowest BCUT2D eigenvalue weighted by Gasteiger charge is -2.27. The Morgan fingerprint density at radius 2 is 1.88 bits per heavy atom. The maximum Gasteiger partial charge on any atom is 0.273 e. The second-order valence-electron chi connectivity index (χ2n) is 10.6. The van der Waals surface area contributed by atoms with Crippen molar-refractivity contribution >= 4 is 45.4 Å². The number of carbonyl (C=O) groups is 1. The lowest BCUT2D eigenvalue weighted by atomic mass is 9.89. The number of amides is 1. The van der Waals surface area contributed by atoms with Crippen LogP contribution >= 0.6 is 11.3 Å². The van der Waals surface area contributed by atoms with Gasteiger partial charge in [0.25, 0.3) is 10.8 Å². The molecular weight excluding hydrogens is 562 g/mol. The van der Waals surface area contributed by atoms with Crippen molar-refractivity contribution in [2.24, 2.45) is 5.92 Å². The number of carbonyl (C=O) groups excluding carboxylic acids is 1. The third kappa shape index (κ3) is 5.23. The molecule has 218 valence electrons. The molecule has 0 fully saturated rings. The number of anilines is 2. The highest BCUT2D eigenvalue weighted by atomic mass is 32.1. The zero-order chi connectivity index (χ0) is 30.2. The summed E-state index contributed by atoms with van der Waals surface area (Å²) in [5.41, 5.74) is 10.4. The normalized spacial score (nSPS) is 15.8. The average Bonchev–Trinajstić information content (AvgIpc) is 3.49. The number of aromatic nitrogens is 4. The molecule has 1 aliphatic heterocycles. The van der Waals surface area contributed by atoms with Crippen molar-refractivity contribution in [3.63, 3.8) is 0 Å². The molecular formula is C32H31N7O3S. The van der Waals surface area contributed by atoms with Gasteiger partial charge in [-0.15, -0.1) is 0 Å². The van der Waals surface area contributed by atoms with Crippen molar-refractivity contribution in [3.8, 4) is 22.1 Å². The first-order valence-corrected chi connectivity index (χ1v) is 14.7. The van der Waals surface area contributed by atoms with Crippen LogP contribution in [0.15, 0.2) is 77.2 Å². The Morgan fingerprint density at radius 1 is 1.09 bits per heavy atom. The van der Waals surface area contributed by atoms with Gasteiger partial charge in [0.2, 0.25) is 11.9 Å². The molecule has 0 radical (unpaired) electrons. The monoisotopic (exact) mass is 593 g/mol. The number of allylic oxidation sites excluding steroid dienone is 1. The van der Waals surface area contributed by atoms with Gasteiger partial charge in [0.05, 0.1) is 29.8 Å². The first-order valence-electron chi connectivity index (χ1n) is 13.9. The predicted octanol–water partition coefficient (Wildman–Crippen LogP) is 5.51. The molecule has 0 spiro atoms. The molecule has 3 N–H and O–H groups in total. The van der Waals surface area contributed by atoms with E-state index >= 15 is 0 Å². The van der Waals surface area contributed by atoms with Crippen LogP contribution in [0, 0.1) is 5.92 Å². The fourth-order valence-electron chi connectivity index (χ4n) is 5.55. The first-order chi connectivity index (χ1) is 20.7. The van der Waals surface area contributed by atoms with Crippen molar-refractivity contribution in [3.05, 3.63) is 94.0 Å². The molecule has 2 aromatic carbocycles. The van der Waals surface area contributed by atoms with E-state index in [0.717, 1.165) is 27.9 Å². The molecule has 0 aliphatic carbocycles. The Bertz CT molecular complexity index is 1930. The van der Waals surface area contributed by atoms with Gasteiger partial charge in [0.15, 0.2) is 0 Å². The van der Waals surface area contributed by atoms with E-state index in [9.17, 15) is 9.59 Å². The van der Waals surface area contributed by atoms with Gasteiger partial charge in [-0.2, -0.15) is 4.98 Å². The number of rotatable bonds is 7. The van der Waals surface area contributed by atoms with Crippen LogP contribution < -0.4 is 21.3 Å². The molecule has 43 heavy (non-hydrogen) atoms. The van der Waals surface area contributed by atoms with Crippen LogP contribution in [0.5, 0.6) is 5.19 Å². The van der Waals surface area contributed by atoms with Gasteiger partial charge in [-0.05, 0) is 48.1 Å². The van der Waals surface area contributed by atoms with E-state index in [1.54, 1.807) is 29.8 Å². The highest BCUT2D eigenvalue weighted by Crippen LogP contribution is 2.35. The topological polar surface area (TPSA) is 128 Å². The molecule has 0 unspecified atom stereocenters. The minimum absolute atomic E-state index is 0.0636. The van der Waals surface area contributed by atoms with Crippen molar-refractivity contribution in [1.82, 2.24) is 24.4 Å². The number of nitrogens with two attached hydrogens (primary N) is 1. The number of methoxy groups -OCH3 is 1. The lowest BCUT2D eigenvalue weighted by Crippen LogP contribution is -2.31. The standard InChI is InChI=1S/C32H31N7O3S/c1-18-13-21(16-38(3)29(18)40)23-12-8-9-20-14-26(39(30(41)27(20)23)22-10-6-5-7-11-22)19(2)35-28-24(15-34-31(33)37-28)25-17-43-32(36-25)42-4/h5-12,14-19H,13H2,1-4H3,(H3,33,34,35,37)/t18-,19+/m1/s1. The molecule has 4 heterocycles. The summed E-state index contributed by atoms with van der Waals surface area (Å²) in [5.74, 6) is 0.492. The van der Waals surface area contributed by atoms with Gasteiger partial charge >= 0.3 is 0 Å². The van der Waals surface area contributed by atoms with Gasteiger partial charge in [-0.3, -0.25) is 14.2 Å². The smallest absolute Gasteiger partial charge is 0.273 e. The predicted molar refractivity (Wildman–Crippen MR) is 170 cm³/mol. The SMILES string of the molecule is COc1nc(-c2cnc(N)nc2N[C@@H](C)c2cc3cccc(C4=CN(C)C(=O)[C@H](C)C4)c3c(=O)n2-c2ccccc2)cs1. The molecule has 1 amide bonds. The van der Waals surface area contributed by atoms with Gasteiger partial charge in [-0.25, -0.2) is 9.97 Å². The number of thiazole rings is 1. The van der Waals surface area contributed by atoms with Crippen LogP contribution in [0.2, 0.25) is 0 Å². The molecule has 2 atom stereocenters. The summed E-state index contributed by atoms with van der Waals surface area (Å²) in [6.07, 6.45) is 4.03. The van der Waals surface area contributed by atoms with Crippen LogP contribution in [-0.4, -0.2) is 44.5 Å². The minimum Gasteiger partial charge on any atom is -0.473 e. The number of nitrogens with zero attached hydrogens (tertiary/aromatic N) is 5. The molecule has 11 heteroatoms. The van der Waals surface area contributed by atoms with Crippen LogP contribution in [0.3, 0.4) is 0 Å². The summed E-state index contributed by atoms with van der Waals surface area (Å²) in [7, 11) is 3.33. The molecule has 3 aromatic heterocycles. The Kier molecular flexibility index (Phi) is 7.41. The fraction of sp³-hybridized carbons (Fsp3) is 0.219. The Labute approximate surface area is 252 Å². The molecule has 0 saturated carbocycles. The number of hydrogen-bond donors (Lipinski definition) is 2. The Balaban J connectivity index is 1.51. The molecule has 10 nitrogen and oxygen atoms in total. The summed E-state index contributed by atoms with van der Waals surface area (Å²) in [6, 6.07) is 17.1. The Morgan fingerprint density at radius 3 is 2.60 bits per heavy atom. The summed E-state index contributed by atoms with van der Waals surface area (Å²) in [5, 5.41) is 7.26. The largest absolute Gasteiger partial charge is 0.473 e. The number of nitrogens with one attached hydrogen (secondary N) is 1. The van der Waals surface area contributed by atoms with E-state index in [1.165, 1.54) is 11.3 Å². The molecule has 0 saturated heterocycles. The number of hydrogen-bond acceptors (Lipinski definition) is 9. The van der Waals surface area contributed by atoms with Crippen LogP contribution in [0.1, 0.15) is 37.6 Å². The fourth-order valence-corrected chi connectivity index (χ4v) is 6.19. The van der Waals surface area contributed by atoms with Crippen LogP contribution in [0.25, 0.3) is 33.3 Å². The number of fused-ring (bicyclic) bond motifs is 1. The average molecular weight is 594 g/mol. The van der Waals surface area contributed by atoms with E-state index in [2.05, 4.69) is 20.3 Å². The second kappa shape index (κ2) is 11.3. The maximum absolute atomic E-state index is 14.5. The molecule has 5 aromatic rings. The molecule has 0 bridgehead atoms. The summed E-state index contributed by atoms with van der Waals surface area (Å²) in [4.78, 5) is 41.8. The molecule has 1 aliphatic rings. The van der Waals surface area contributed by atoms with Gasteiger partial charge in [-0.1, -0.05) is 54.7 Å². The van der Waals surface area contributed by atoms with E-state index < -0.39 is 0 Å². The van der Waals surface area contributed by atoms with Crippen molar-refractivity contribution in [2.75, 3.05) is 25.2 Å². The second-order valence-corrected chi connectivity index (χ2v) is 11.4. The highest BCUT2D eigenvalue weighted by molar-refractivity contribution is 7.11. The van der Waals surface area contributed by atoms with Crippen molar-refractivity contribution in [2.45, 2.75) is 26.3 Å². The quantitative estimate of drug-likeness (QED) is 0.253. The third-order valence-electron chi connectivity index (χ3n) is 7.62. The summed E-state index contributed by atoms with van der Waals surface area (Å²) in [6.45, 7) is 3.89. The minimum atomic E-state index is -0.382. The van der Waals surface area contributed by atoms with E-state index in [4.69, 9.17) is 10.5 Å². The highest BCUT2D eigenvalue weighted by Gasteiger charge is 2.27. The zero-order valence-corrected chi connectivity index (χ0v) is 25.1. The number of para-hydroxylation sites is 1. The zero-order valence-electron chi connectivity index (χ0n) is 24.2. The lowest BCUT2D eigenvalue weighted by molar-refractivity contribution is -0.131. The maximum atomic E-state index is 14.5. The third-order valence-corrected chi connectivity index (χ3v) is 8.42. The summed E-state index contributed by atoms with van der Waals surface area (Å²) < 4.78 is 7.02. The molecule has 6 rings (SSSR count). The number of pyridine rings is 1. The van der Waals surface area contributed by atoms with E-state index in [-0.39, 0.29) is 29.4 Å². The van der Waals surface area contributed by atoms with Crippen molar-refractivity contribution < 1.29 is 9.53 Å². The van der Waals surface area contributed by atoms with E-state index in [0.29, 0.717) is 34.1 Å². The number of nitrogen functional groups attached to an aromatic ring is 1. The number of benzene rings is 2. The van der Waals surface area contributed by atoms with Crippen LogP contribution in [-0.2, 0) is 4.79 Å². The van der Waals surface area contributed by atoms with Crippen molar-refractivity contribution in [1.29, 1.82) is 0 Å². The van der Waals surface area contributed by atoms with Gasteiger partial charge < -0.3 is 20.7 Å². The first kappa shape index (κ1) is 28.1. The summed E-state index contributed by atoms with van der Waals surface area (Å²) >= 11 is 1.37.